The maximum absolute atomic E-state index is 12.4. The van der Waals surface area contributed by atoms with Gasteiger partial charge in [0.05, 0.1) is 15.8 Å². The van der Waals surface area contributed by atoms with Crippen molar-refractivity contribution in [1.29, 1.82) is 0 Å². The number of carbonyl (C=O) groups excluding carboxylic acids is 1. The molecule has 0 radical (unpaired) electrons. The van der Waals surface area contributed by atoms with Gasteiger partial charge in [0, 0.05) is 18.8 Å². The molecule has 0 N–H and O–H groups in total. The maximum Gasteiger partial charge on any atom is 0.264 e. The highest BCUT2D eigenvalue weighted by Gasteiger charge is 2.26. The minimum atomic E-state index is -0.0342. The van der Waals surface area contributed by atoms with Gasteiger partial charge in [0.25, 0.3) is 5.91 Å². The second-order valence-electron chi connectivity index (χ2n) is 4.78. The molecule has 0 saturated carbocycles. The highest BCUT2D eigenvalue weighted by atomic mass is 35.5. The fourth-order valence-electron chi connectivity index (χ4n) is 2.32. The molecule has 1 unspecified atom stereocenters. The lowest BCUT2D eigenvalue weighted by Gasteiger charge is -2.32. The molecule has 1 aliphatic heterocycles. The molecule has 5 nitrogen and oxygen atoms in total. The van der Waals surface area contributed by atoms with E-state index in [2.05, 4.69) is 9.97 Å². The molecular weight excluding hydrogens is 310 g/mol. The molecule has 0 aliphatic carbocycles. The van der Waals surface area contributed by atoms with E-state index in [0.717, 1.165) is 19.4 Å². The molecule has 7 heteroatoms. The van der Waals surface area contributed by atoms with Gasteiger partial charge in [0.2, 0.25) is 5.88 Å². The Bertz CT molecular complexity index is 620. The SMILES string of the molecule is O=C(c1ccc(Cl)s1)N1CCCC(Oc2ccncn2)C1. The van der Waals surface area contributed by atoms with E-state index in [4.69, 9.17) is 16.3 Å². The number of aromatic nitrogens is 2. The summed E-state index contributed by atoms with van der Waals surface area (Å²) in [5.41, 5.74) is 0. The Kier molecular flexibility index (Phi) is 4.36. The number of nitrogens with zero attached hydrogens (tertiary/aromatic N) is 3. The van der Waals surface area contributed by atoms with Crippen molar-refractivity contribution in [2.24, 2.45) is 0 Å². The molecule has 1 atom stereocenters. The second kappa shape index (κ2) is 6.41. The largest absolute Gasteiger partial charge is 0.472 e. The Morgan fingerprint density at radius 3 is 3.05 bits per heavy atom. The maximum atomic E-state index is 12.4. The number of ether oxygens (including phenoxy) is 1. The minimum absolute atomic E-state index is 0.0166. The van der Waals surface area contributed by atoms with Crippen molar-refractivity contribution in [3.05, 3.63) is 39.9 Å². The average molecular weight is 324 g/mol. The summed E-state index contributed by atoms with van der Waals surface area (Å²) in [4.78, 5) is 22.8. The molecule has 21 heavy (non-hydrogen) atoms. The molecule has 110 valence electrons. The van der Waals surface area contributed by atoms with Crippen molar-refractivity contribution < 1.29 is 9.53 Å². The zero-order valence-corrected chi connectivity index (χ0v) is 12.8. The molecule has 2 aromatic heterocycles. The predicted molar refractivity (Wildman–Crippen MR) is 80.9 cm³/mol. The van der Waals surface area contributed by atoms with Crippen LogP contribution in [0.3, 0.4) is 0 Å². The third kappa shape index (κ3) is 3.51. The van der Waals surface area contributed by atoms with Gasteiger partial charge in [-0.05, 0) is 25.0 Å². The molecule has 0 bridgehead atoms. The quantitative estimate of drug-likeness (QED) is 0.871. The van der Waals surface area contributed by atoms with Crippen molar-refractivity contribution in [2.45, 2.75) is 18.9 Å². The van der Waals surface area contributed by atoms with Crippen molar-refractivity contribution in [3.8, 4) is 5.88 Å². The Morgan fingerprint density at radius 1 is 1.43 bits per heavy atom. The van der Waals surface area contributed by atoms with Crippen molar-refractivity contribution >= 4 is 28.8 Å². The summed E-state index contributed by atoms with van der Waals surface area (Å²) < 4.78 is 6.44. The lowest BCUT2D eigenvalue weighted by atomic mass is 10.1. The first kappa shape index (κ1) is 14.3. The van der Waals surface area contributed by atoms with Gasteiger partial charge in [-0.25, -0.2) is 9.97 Å². The topological polar surface area (TPSA) is 55.3 Å². The van der Waals surface area contributed by atoms with Gasteiger partial charge in [0.1, 0.15) is 12.4 Å². The molecular formula is C14H14ClN3O2S. The fraction of sp³-hybridized carbons (Fsp3) is 0.357. The number of piperidine rings is 1. The first-order chi connectivity index (χ1) is 10.2. The van der Waals surface area contributed by atoms with Crippen LogP contribution in [0, 0.1) is 0 Å². The van der Waals surface area contributed by atoms with E-state index in [-0.39, 0.29) is 12.0 Å². The molecule has 1 amide bonds. The standard InChI is InChI=1S/C14H14ClN3O2S/c15-12-4-3-11(21-12)14(19)18-7-1-2-10(8-18)20-13-5-6-16-9-17-13/h3-6,9-10H,1-2,7-8H2. The molecule has 0 aromatic carbocycles. The lowest BCUT2D eigenvalue weighted by molar-refractivity contribution is 0.0531. The van der Waals surface area contributed by atoms with Crippen LogP contribution in [-0.4, -0.2) is 40.0 Å². The van der Waals surface area contributed by atoms with Crippen molar-refractivity contribution in [3.63, 3.8) is 0 Å². The number of hydrogen-bond acceptors (Lipinski definition) is 5. The monoisotopic (exact) mass is 323 g/mol. The van der Waals surface area contributed by atoms with Gasteiger partial charge in [0.15, 0.2) is 0 Å². The third-order valence-corrected chi connectivity index (χ3v) is 4.51. The van der Waals surface area contributed by atoms with Gasteiger partial charge in [-0.3, -0.25) is 4.79 Å². The van der Waals surface area contributed by atoms with E-state index in [0.29, 0.717) is 21.6 Å². The van der Waals surface area contributed by atoms with Crippen LogP contribution in [-0.2, 0) is 0 Å². The molecule has 1 aliphatic rings. The van der Waals surface area contributed by atoms with E-state index >= 15 is 0 Å². The number of likely N-dealkylation sites (tertiary alicyclic amines) is 1. The summed E-state index contributed by atoms with van der Waals surface area (Å²) in [6, 6.07) is 5.24. The van der Waals surface area contributed by atoms with E-state index in [1.165, 1.54) is 17.7 Å². The predicted octanol–water partition coefficient (Wildman–Crippen LogP) is 2.88. The van der Waals surface area contributed by atoms with Crippen LogP contribution in [0.1, 0.15) is 22.5 Å². The number of amides is 1. The van der Waals surface area contributed by atoms with Crippen LogP contribution >= 0.6 is 22.9 Å². The fourth-order valence-corrected chi connectivity index (χ4v) is 3.33. The lowest BCUT2D eigenvalue weighted by Crippen LogP contribution is -2.44. The van der Waals surface area contributed by atoms with Gasteiger partial charge < -0.3 is 9.64 Å². The number of rotatable bonds is 3. The second-order valence-corrected chi connectivity index (χ2v) is 6.50. The zero-order valence-electron chi connectivity index (χ0n) is 11.2. The highest BCUT2D eigenvalue weighted by Crippen LogP contribution is 2.24. The Hall–Kier alpha value is -1.66. The van der Waals surface area contributed by atoms with Crippen LogP contribution in [0.2, 0.25) is 4.34 Å². The summed E-state index contributed by atoms with van der Waals surface area (Å²) >= 11 is 7.20. The van der Waals surface area contributed by atoms with Gasteiger partial charge >= 0.3 is 0 Å². The molecule has 1 fully saturated rings. The van der Waals surface area contributed by atoms with Gasteiger partial charge in [-0.1, -0.05) is 11.6 Å². The van der Waals surface area contributed by atoms with Crippen LogP contribution in [0.15, 0.2) is 30.7 Å². The number of carbonyl (C=O) groups is 1. The first-order valence-electron chi connectivity index (χ1n) is 6.69. The molecule has 2 aromatic rings. The normalized spacial score (nSPS) is 18.5. The van der Waals surface area contributed by atoms with E-state index in [1.807, 2.05) is 4.90 Å². The smallest absolute Gasteiger partial charge is 0.264 e. The molecule has 0 spiro atoms. The first-order valence-corrected chi connectivity index (χ1v) is 7.89. The van der Waals surface area contributed by atoms with Crippen LogP contribution in [0.5, 0.6) is 5.88 Å². The Morgan fingerprint density at radius 2 is 2.33 bits per heavy atom. The van der Waals surface area contributed by atoms with Crippen LogP contribution < -0.4 is 4.74 Å². The minimum Gasteiger partial charge on any atom is -0.472 e. The number of hydrogen-bond donors (Lipinski definition) is 0. The Labute approximate surface area is 131 Å². The van der Waals surface area contributed by atoms with E-state index in [1.54, 1.807) is 24.4 Å². The van der Waals surface area contributed by atoms with Crippen molar-refractivity contribution in [2.75, 3.05) is 13.1 Å². The van der Waals surface area contributed by atoms with Gasteiger partial charge in [-0.15, -0.1) is 11.3 Å². The zero-order chi connectivity index (χ0) is 14.7. The number of halogens is 1. The van der Waals surface area contributed by atoms with Gasteiger partial charge in [-0.2, -0.15) is 0 Å². The van der Waals surface area contributed by atoms with E-state index < -0.39 is 0 Å². The molecule has 3 heterocycles. The molecule has 1 saturated heterocycles. The number of thiophene rings is 1. The summed E-state index contributed by atoms with van der Waals surface area (Å²) in [7, 11) is 0. The summed E-state index contributed by atoms with van der Waals surface area (Å²) in [5, 5.41) is 0. The van der Waals surface area contributed by atoms with E-state index in [9.17, 15) is 4.79 Å². The summed E-state index contributed by atoms with van der Waals surface area (Å²) in [5.74, 6) is 0.561. The summed E-state index contributed by atoms with van der Waals surface area (Å²) in [6.45, 7) is 1.32. The third-order valence-electron chi connectivity index (χ3n) is 3.29. The molecule has 3 rings (SSSR count). The Balaban J connectivity index is 1.64. The van der Waals surface area contributed by atoms with Crippen molar-refractivity contribution in [1.82, 2.24) is 14.9 Å². The summed E-state index contributed by atoms with van der Waals surface area (Å²) in [6.07, 6.45) is 4.89. The van der Waals surface area contributed by atoms with Crippen LogP contribution in [0.25, 0.3) is 0 Å². The van der Waals surface area contributed by atoms with Crippen LogP contribution in [0.4, 0.5) is 0 Å². The average Bonchev–Trinajstić information content (AvgIpc) is 2.94. The highest BCUT2D eigenvalue weighted by molar-refractivity contribution is 7.17.